The van der Waals surface area contributed by atoms with Crippen LogP contribution in [-0.2, 0) is 73.7 Å². The number of carboxylic acid groups (broad SMARTS) is 2. The number of nitrogens with two attached hydrogens (primary N) is 1. The summed E-state index contributed by atoms with van der Waals surface area (Å²) in [7, 11) is 0. The van der Waals surface area contributed by atoms with Gasteiger partial charge in [0.05, 0.1) is 32.4 Å². The molecule has 2 aromatic carbocycles. The highest BCUT2D eigenvalue weighted by molar-refractivity contribution is 6.01. The number of nitrogens with one attached hydrogen (secondary N) is 6. The third-order valence-electron chi connectivity index (χ3n) is 13.1. The molecule has 1 saturated heterocycles. The number of amides is 9. The Balaban J connectivity index is 1.60. The van der Waals surface area contributed by atoms with E-state index in [4.69, 9.17) is 20.4 Å². The van der Waals surface area contributed by atoms with Crippen molar-refractivity contribution in [1.29, 1.82) is 0 Å². The van der Waals surface area contributed by atoms with Gasteiger partial charge in [-0.1, -0.05) is 51.1 Å². The molecule has 2 heterocycles. The molecule has 1 aliphatic heterocycles. The first-order valence-electron chi connectivity index (χ1n) is 27.3. The molecule has 3 aromatic rings. The number of hydrogen-bond acceptors (Lipinski definition) is 16. The van der Waals surface area contributed by atoms with Crippen LogP contribution >= 0.6 is 0 Å². The topological polar surface area (TPSA) is 394 Å². The average molecular weight is 1200 g/mol. The quantitative estimate of drug-likeness (QED) is 0.0221. The Labute approximate surface area is 488 Å². The molecule has 4 rings (SSSR count). The minimum absolute atomic E-state index is 0.0330. The number of aromatic nitrogens is 1. The maximum atomic E-state index is 15.5. The number of aliphatic hydroxyl groups is 1. The summed E-state index contributed by atoms with van der Waals surface area (Å²) in [5.41, 5.74) is 6.46. The Morgan fingerprint density at radius 3 is 2.00 bits per heavy atom. The Hall–Kier alpha value is -8.70. The second-order valence-electron chi connectivity index (χ2n) is 21.2. The van der Waals surface area contributed by atoms with Gasteiger partial charge in [0.25, 0.3) is 11.8 Å². The number of rotatable bonds is 35. The van der Waals surface area contributed by atoms with Crippen molar-refractivity contribution in [2.24, 2.45) is 11.1 Å². The Kier molecular flexibility index (Phi) is 26.7. The van der Waals surface area contributed by atoms with E-state index in [9.17, 15) is 72.1 Å². The second kappa shape index (κ2) is 33.0. The van der Waals surface area contributed by atoms with Crippen molar-refractivity contribution in [1.82, 2.24) is 46.4 Å². The van der Waals surface area contributed by atoms with E-state index in [0.717, 1.165) is 23.8 Å². The molecule has 0 unspecified atom stereocenters. The van der Waals surface area contributed by atoms with Crippen LogP contribution in [0.5, 0.6) is 0 Å². The first-order chi connectivity index (χ1) is 40.1. The molecule has 1 fully saturated rings. The maximum Gasteiger partial charge on any atom is 0.333 e. The normalized spacial score (nSPS) is 14.5. The lowest BCUT2D eigenvalue weighted by Gasteiger charge is -2.41. The fourth-order valence-corrected chi connectivity index (χ4v) is 8.97. The van der Waals surface area contributed by atoms with Gasteiger partial charge in [-0.3, -0.25) is 52.8 Å². The minimum atomic E-state index is -1.80. The maximum absolute atomic E-state index is 15.5. The number of hydrogen-bond donors (Lipinski definition) is 10. The van der Waals surface area contributed by atoms with Crippen molar-refractivity contribution in [3.05, 3.63) is 83.7 Å². The lowest BCUT2D eigenvalue weighted by molar-refractivity contribution is -0.197. The number of aliphatic hydroxyl groups excluding tert-OH is 1. The first kappa shape index (κ1) is 68.8. The van der Waals surface area contributed by atoms with E-state index in [1.807, 2.05) is 55.7 Å². The Morgan fingerprint density at radius 2 is 1.38 bits per heavy atom. The highest BCUT2D eigenvalue weighted by Crippen LogP contribution is 2.41. The summed E-state index contributed by atoms with van der Waals surface area (Å²) in [5, 5.41) is 43.1. The molecule has 0 bridgehead atoms. The zero-order valence-corrected chi connectivity index (χ0v) is 47.8. The number of ether oxygens (including phenoxy) is 1. The van der Waals surface area contributed by atoms with Gasteiger partial charge < -0.3 is 67.1 Å². The molecule has 9 amide bonds. The van der Waals surface area contributed by atoms with Gasteiger partial charge in [0.2, 0.25) is 41.4 Å². The number of aliphatic carboxylic acids is 2. The van der Waals surface area contributed by atoms with E-state index in [0.29, 0.717) is 16.3 Å². The SMILES string of the molecule is C[C@H](NC(=O)CCCC(=O)ON1C(=O)CCC1=O)C(=O)N[C@H](C)C(=O)N[C@@H](CC(N)=O)C(=O)N[C@@H](CCN(COCCO)[C@@H](c1cc(-c2cc(F)ccc2F)cn1Cc1ccccc1)C(C)(C)C)C(=O)NCCC(=O)N[C@@H](CCC(=O)O)C(=O)O. The second-order valence-corrected chi connectivity index (χ2v) is 21.2. The molecule has 0 spiro atoms. The molecule has 0 saturated carbocycles. The standard InChI is InChI=1S/C56H74F2N10O17/c1-32(61-44(71)12-9-13-49(77)85-68-46(73)17-18-47(68)74)51(78)62-33(2)52(79)65-41(28-43(59)70)54(81)64-39(53(80)60-22-20-45(72)63-40(55(82)83)16-19-48(75)76)21-23-66(31-84-25-24-69)50(56(3,4)5)42-26-35(37-27-36(57)14-15-38(37)58)30-67(42)29-34-10-7-6-8-11-34/h6-8,10-11,14-15,26-27,30,32-33,39-41,50,69H,9,12-13,16-25,28-29,31H2,1-5H3,(H2,59,70)(H,60,80)(H,61,71)(H,62,78)(H,63,72)(H,64,81)(H,65,79)(H,75,76)(H,82,83)/t32-,33+,39-,40-,41-,50-/m0/s1. The van der Waals surface area contributed by atoms with Gasteiger partial charge in [0, 0.05) is 81.2 Å². The van der Waals surface area contributed by atoms with Crippen molar-refractivity contribution >= 4 is 71.1 Å². The van der Waals surface area contributed by atoms with E-state index >= 15 is 4.39 Å². The summed E-state index contributed by atoms with van der Waals surface area (Å²) >= 11 is 0. The van der Waals surface area contributed by atoms with E-state index in [1.165, 1.54) is 13.8 Å². The van der Waals surface area contributed by atoms with Crippen molar-refractivity contribution in [3.63, 3.8) is 0 Å². The number of primary amides is 1. The van der Waals surface area contributed by atoms with Crippen molar-refractivity contribution in [3.8, 4) is 11.1 Å². The van der Waals surface area contributed by atoms with Crippen molar-refractivity contribution < 1.29 is 91.2 Å². The molecule has 464 valence electrons. The summed E-state index contributed by atoms with van der Waals surface area (Å²) < 4.78 is 37.9. The lowest BCUT2D eigenvalue weighted by atomic mass is 9.83. The molecule has 1 aliphatic rings. The van der Waals surface area contributed by atoms with Gasteiger partial charge in [-0.2, -0.15) is 0 Å². The molecule has 1 aromatic heterocycles. The molecular formula is C56H74F2N10O17. The van der Waals surface area contributed by atoms with Crippen LogP contribution in [0, 0.1) is 17.0 Å². The minimum Gasteiger partial charge on any atom is -0.481 e. The largest absolute Gasteiger partial charge is 0.481 e. The number of carbonyl (C=O) groups is 12. The highest BCUT2D eigenvalue weighted by Gasteiger charge is 2.38. The van der Waals surface area contributed by atoms with Crippen molar-refractivity contribution in [2.75, 3.05) is 33.0 Å². The Morgan fingerprint density at radius 1 is 0.741 bits per heavy atom. The van der Waals surface area contributed by atoms with Gasteiger partial charge in [-0.15, -0.1) is 5.06 Å². The zero-order chi connectivity index (χ0) is 63.1. The van der Waals surface area contributed by atoms with Crippen LogP contribution in [0.4, 0.5) is 8.78 Å². The number of imide groups is 1. The molecule has 0 radical (unpaired) electrons. The summed E-state index contributed by atoms with van der Waals surface area (Å²) in [6, 6.07) is 5.57. The van der Waals surface area contributed by atoms with Gasteiger partial charge >= 0.3 is 17.9 Å². The number of carbonyl (C=O) groups excluding carboxylic acids is 10. The van der Waals surface area contributed by atoms with Crippen LogP contribution in [0.2, 0.25) is 0 Å². The molecule has 85 heavy (non-hydrogen) atoms. The highest BCUT2D eigenvalue weighted by atomic mass is 19.1. The summed E-state index contributed by atoms with van der Waals surface area (Å²) in [6.45, 7) is 7.03. The van der Waals surface area contributed by atoms with Gasteiger partial charge in [-0.05, 0) is 68.4 Å². The van der Waals surface area contributed by atoms with Crippen LogP contribution < -0.4 is 37.6 Å². The van der Waals surface area contributed by atoms with Crippen LogP contribution in [0.15, 0.2) is 60.8 Å². The van der Waals surface area contributed by atoms with Gasteiger partial charge in [0.15, 0.2) is 0 Å². The number of hydroxylamine groups is 2. The molecule has 6 atom stereocenters. The number of halogens is 2. The zero-order valence-electron chi connectivity index (χ0n) is 47.8. The predicted octanol–water partition coefficient (Wildman–Crippen LogP) is 0.800. The first-order valence-corrected chi connectivity index (χ1v) is 27.3. The van der Waals surface area contributed by atoms with E-state index in [-0.39, 0.29) is 70.5 Å². The monoisotopic (exact) mass is 1200 g/mol. The molecule has 11 N–H and O–H groups in total. The predicted molar refractivity (Wildman–Crippen MR) is 295 cm³/mol. The summed E-state index contributed by atoms with van der Waals surface area (Å²) in [6.07, 6.45) is -1.99. The Bertz CT molecular complexity index is 2880. The number of carboxylic acids is 2. The van der Waals surface area contributed by atoms with Gasteiger partial charge in [0.1, 0.15) is 41.8 Å². The van der Waals surface area contributed by atoms with Crippen LogP contribution in [0.1, 0.15) is 116 Å². The fraction of sp³-hybridized carbons (Fsp3) is 0.500. The number of benzene rings is 2. The van der Waals surface area contributed by atoms with Crippen LogP contribution in [-0.4, -0.2) is 164 Å². The number of nitrogens with zero attached hydrogens (tertiary/aromatic N) is 3. The van der Waals surface area contributed by atoms with Gasteiger partial charge in [-0.25, -0.2) is 18.4 Å². The van der Waals surface area contributed by atoms with E-state index in [1.54, 1.807) is 17.2 Å². The summed E-state index contributed by atoms with van der Waals surface area (Å²) in [4.78, 5) is 158. The smallest absolute Gasteiger partial charge is 0.333 e. The molecular weight excluding hydrogens is 1120 g/mol. The molecule has 29 heteroatoms. The molecule has 0 aliphatic carbocycles. The third kappa shape index (κ3) is 22.4. The van der Waals surface area contributed by atoms with Crippen LogP contribution in [0.25, 0.3) is 11.1 Å². The van der Waals surface area contributed by atoms with Crippen LogP contribution in [0.3, 0.4) is 0 Å². The lowest BCUT2D eigenvalue weighted by Crippen LogP contribution is -2.58. The van der Waals surface area contributed by atoms with E-state index < -0.39 is 163 Å². The molecule has 27 nitrogen and oxygen atoms in total. The summed E-state index contributed by atoms with van der Waals surface area (Å²) in [5.74, 6) is -13.2. The van der Waals surface area contributed by atoms with E-state index in [2.05, 4.69) is 31.9 Å². The fourth-order valence-electron chi connectivity index (χ4n) is 8.97. The van der Waals surface area contributed by atoms with Crippen molar-refractivity contribution in [2.45, 2.75) is 142 Å². The average Bonchev–Trinajstić information content (AvgIpc) is 2.09. The third-order valence-corrected chi connectivity index (χ3v) is 13.1.